The maximum absolute atomic E-state index is 12.9. The average molecular weight is 242 g/mol. The average Bonchev–Trinajstić information content (AvgIpc) is 2.38. The maximum Gasteiger partial charge on any atom is 0.331 e. The molecule has 0 radical (unpaired) electrons. The molecule has 0 saturated carbocycles. The molecule has 3 rings (SSSR count). The molecule has 1 aliphatic carbocycles. The molecule has 0 bridgehead atoms. The molecule has 0 fully saturated rings. The van der Waals surface area contributed by atoms with Crippen LogP contribution in [0, 0.1) is 5.82 Å². The van der Waals surface area contributed by atoms with E-state index in [4.69, 9.17) is 4.74 Å². The van der Waals surface area contributed by atoms with Gasteiger partial charge in [0, 0.05) is 12.5 Å². The molecular formula is C15H11FO2. The largest absolute Gasteiger partial charge is 0.454 e. The third-order valence-corrected chi connectivity index (χ3v) is 3.14. The monoisotopic (exact) mass is 242 g/mol. The number of hydrogen-bond acceptors (Lipinski definition) is 2. The lowest BCUT2D eigenvalue weighted by atomic mass is 9.90. The van der Waals surface area contributed by atoms with E-state index in [1.165, 1.54) is 18.2 Å². The van der Waals surface area contributed by atoms with Crippen LogP contribution < -0.4 is 0 Å². The Morgan fingerprint density at radius 1 is 1.11 bits per heavy atom. The highest BCUT2D eigenvalue weighted by molar-refractivity contribution is 5.85. The second-order valence-electron chi connectivity index (χ2n) is 4.33. The Balaban J connectivity index is 1.91. The van der Waals surface area contributed by atoms with Crippen LogP contribution in [0.15, 0.2) is 54.1 Å². The number of rotatable bonds is 1. The van der Waals surface area contributed by atoms with E-state index >= 15 is 0 Å². The van der Waals surface area contributed by atoms with Crippen LogP contribution in [0.25, 0.3) is 5.57 Å². The molecule has 1 heterocycles. The predicted molar refractivity (Wildman–Crippen MR) is 66.1 cm³/mol. The number of esters is 1. The minimum absolute atomic E-state index is 0.215. The predicted octanol–water partition coefficient (Wildman–Crippen LogP) is 3.02. The molecule has 0 spiro atoms. The van der Waals surface area contributed by atoms with Crippen LogP contribution in [0.1, 0.15) is 12.0 Å². The van der Waals surface area contributed by atoms with Gasteiger partial charge in [-0.05, 0) is 34.9 Å². The molecule has 3 heteroatoms. The molecule has 1 aliphatic heterocycles. The highest BCUT2D eigenvalue weighted by Gasteiger charge is 2.24. The van der Waals surface area contributed by atoms with Gasteiger partial charge in [-0.2, -0.15) is 0 Å². The van der Waals surface area contributed by atoms with Crippen LogP contribution in [0.5, 0.6) is 0 Å². The molecule has 2 aliphatic rings. The van der Waals surface area contributed by atoms with Gasteiger partial charge in [-0.3, -0.25) is 0 Å². The van der Waals surface area contributed by atoms with Gasteiger partial charge in [-0.1, -0.05) is 24.3 Å². The van der Waals surface area contributed by atoms with E-state index in [0.29, 0.717) is 6.42 Å². The van der Waals surface area contributed by atoms with Crippen molar-refractivity contribution in [2.45, 2.75) is 12.5 Å². The van der Waals surface area contributed by atoms with Crippen molar-refractivity contribution in [3.63, 3.8) is 0 Å². The molecule has 1 aromatic carbocycles. The molecule has 0 saturated heterocycles. The second kappa shape index (κ2) is 4.26. The van der Waals surface area contributed by atoms with E-state index in [9.17, 15) is 9.18 Å². The summed E-state index contributed by atoms with van der Waals surface area (Å²) in [6.07, 6.45) is 7.56. The Morgan fingerprint density at radius 3 is 2.67 bits per heavy atom. The van der Waals surface area contributed by atoms with Gasteiger partial charge >= 0.3 is 5.97 Å². The van der Waals surface area contributed by atoms with E-state index in [0.717, 1.165) is 16.7 Å². The van der Waals surface area contributed by atoms with Crippen molar-refractivity contribution in [1.82, 2.24) is 0 Å². The van der Waals surface area contributed by atoms with Crippen molar-refractivity contribution in [3.8, 4) is 0 Å². The zero-order valence-electron chi connectivity index (χ0n) is 9.60. The van der Waals surface area contributed by atoms with Gasteiger partial charge in [0.15, 0.2) is 0 Å². The lowest BCUT2D eigenvalue weighted by Crippen LogP contribution is -2.24. The number of allylic oxidation sites excluding steroid dienone is 2. The molecular weight excluding hydrogens is 231 g/mol. The van der Waals surface area contributed by atoms with Crippen LogP contribution in [0.2, 0.25) is 0 Å². The minimum atomic E-state index is -0.308. The normalized spacial score (nSPS) is 21.8. The lowest BCUT2D eigenvalue weighted by Gasteiger charge is -2.25. The molecule has 0 amide bonds. The summed E-state index contributed by atoms with van der Waals surface area (Å²) in [7, 11) is 0. The SMILES string of the molecule is O=C1C=CC2=CC=C(c3ccc(F)cc3)CC2O1. The number of carbonyl (C=O) groups is 1. The first-order valence-electron chi connectivity index (χ1n) is 5.78. The van der Waals surface area contributed by atoms with Crippen molar-refractivity contribution in [3.05, 3.63) is 65.5 Å². The Hall–Kier alpha value is -2.16. The number of benzene rings is 1. The zero-order valence-corrected chi connectivity index (χ0v) is 9.60. The fourth-order valence-electron chi connectivity index (χ4n) is 2.18. The summed E-state index contributed by atoms with van der Waals surface area (Å²) in [6.45, 7) is 0. The number of ether oxygens (including phenoxy) is 1. The summed E-state index contributed by atoms with van der Waals surface area (Å²) in [5.41, 5.74) is 3.00. The molecule has 18 heavy (non-hydrogen) atoms. The first-order chi connectivity index (χ1) is 8.72. The van der Waals surface area contributed by atoms with Gasteiger partial charge in [-0.15, -0.1) is 0 Å². The lowest BCUT2D eigenvalue weighted by molar-refractivity contribution is -0.141. The Labute approximate surface area is 104 Å². The van der Waals surface area contributed by atoms with Crippen molar-refractivity contribution >= 4 is 11.5 Å². The van der Waals surface area contributed by atoms with Gasteiger partial charge in [0.2, 0.25) is 0 Å². The third kappa shape index (κ3) is 1.99. The Kier molecular flexibility index (Phi) is 2.59. The molecule has 1 atom stereocenters. The highest BCUT2D eigenvalue weighted by Crippen LogP contribution is 2.31. The standard InChI is InChI=1S/C15H11FO2/c16-13-6-3-10(4-7-13)12-2-1-11-5-8-15(17)18-14(11)9-12/h1-8,14H,9H2. The molecule has 90 valence electrons. The van der Waals surface area contributed by atoms with Crippen LogP contribution in [-0.2, 0) is 9.53 Å². The fraction of sp³-hybridized carbons (Fsp3) is 0.133. The highest BCUT2D eigenvalue weighted by atomic mass is 19.1. The van der Waals surface area contributed by atoms with E-state index in [2.05, 4.69) is 0 Å². The summed E-state index contributed by atoms with van der Waals surface area (Å²) >= 11 is 0. The number of halogens is 1. The molecule has 0 aromatic heterocycles. The van der Waals surface area contributed by atoms with Crippen LogP contribution in [-0.4, -0.2) is 12.1 Å². The van der Waals surface area contributed by atoms with Gasteiger partial charge in [-0.25, -0.2) is 9.18 Å². The second-order valence-corrected chi connectivity index (χ2v) is 4.33. The van der Waals surface area contributed by atoms with Crippen molar-refractivity contribution < 1.29 is 13.9 Å². The minimum Gasteiger partial charge on any atom is -0.454 e. The third-order valence-electron chi connectivity index (χ3n) is 3.14. The zero-order chi connectivity index (χ0) is 12.5. The fourth-order valence-corrected chi connectivity index (χ4v) is 2.18. The number of carbonyl (C=O) groups excluding carboxylic acids is 1. The van der Waals surface area contributed by atoms with E-state index in [1.54, 1.807) is 18.2 Å². The molecule has 1 aromatic rings. The van der Waals surface area contributed by atoms with Crippen LogP contribution >= 0.6 is 0 Å². The first-order valence-corrected chi connectivity index (χ1v) is 5.78. The van der Waals surface area contributed by atoms with Gasteiger partial charge < -0.3 is 4.74 Å². The van der Waals surface area contributed by atoms with Gasteiger partial charge in [0.25, 0.3) is 0 Å². The van der Waals surface area contributed by atoms with Gasteiger partial charge in [0.05, 0.1) is 0 Å². The summed E-state index contributed by atoms with van der Waals surface area (Å²) in [5.74, 6) is -0.559. The summed E-state index contributed by atoms with van der Waals surface area (Å²) in [6, 6.07) is 6.34. The quantitative estimate of drug-likeness (QED) is 0.707. The summed E-state index contributed by atoms with van der Waals surface area (Å²) < 4.78 is 18.1. The smallest absolute Gasteiger partial charge is 0.331 e. The topological polar surface area (TPSA) is 26.3 Å². The number of hydrogen-bond donors (Lipinski definition) is 0. The van der Waals surface area contributed by atoms with E-state index in [-0.39, 0.29) is 17.9 Å². The van der Waals surface area contributed by atoms with E-state index < -0.39 is 0 Å². The van der Waals surface area contributed by atoms with Crippen LogP contribution in [0.4, 0.5) is 4.39 Å². The molecule has 0 N–H and O–H groups in total. The van der Waals surface area contributed by atoms with Crippen molar-refractivity contribution in [2.75, 3.05) is 0 Å². The summed E-state index contributed by atoms with van der Waals surface area (Å²) in [4.78, 5) is 11.2. The molecule has 2 nitrogen and oxygen atoms in total. The van der Waals surface area contributed by atoms with Crippen molar-refractivity contribution in [2.24, 2.45) is 0 Å². The molecule has 1 unspecified atom stereocenters. The van der Waals surface area contributed by atoms with Crippen molar-refractivity contribution in [1.29, 1.82) is 0 Å². The summed E-state index contributed by atoms with van der Waals surface area (Å²) in [5, 5.41) is 0. The van der Waals surface area contributed by atoms with Gasteiger partial charge in [0.1, 0.15) is 11.9 Å². The Morgan fingerprint density at radius 2 is 1.89 bits per heavy atom. The number of fused-ring (bicyclic) bond motifs is 1. The Bertz CT molecular complexity index is 579. The first kappa shape index (κ1) is 11.0. The van der Waals surface area contributed by atoms with E-state index in [1.807, 2.05) is 12.2 Å². The maximum atomic E-state index is 12.9. The van der Waals surface area contributed by atoms with Crippen LogP contribution in [0.3, 0.4) is 0 Å².